The van der Waals surface area contributed by atoms with Crippen molar-refractivity contribution in [3.8, 4) is 0 Å². The first-order valence-electron chi connectivity index (χ1n) is 8.96. The monoisotopic (exact) mass is 355 g/mol. The number of piperazine rings is 1. The molecule has 2 aromatic rings. The van der Waals surface area contributed by atoms with Crippen LogP contribution in [0.5, 0.6) is 0 Å². The Bertz CT molecular complexity index is 684. The zero-order valence-electron chi connectivity index (χ0n) is 15.0. The van der Waals surface area contributed by atoms with Crippen LogP contribution in [-0.4, -0.2) is 42.3 Å². The van der Waals surface area contributed by atoms with Crippen LogP contribution < -0.4 is 0 Å². The number of hydrazone groups is 1. The van der Waals surface area contributed by atoms with E-state index in [1.807, 2.05) is 18.3 Å². The van der Waals surface area contributed by atoms with E-state index in [0.717, 1.165) is 43.3 Å². The van der Waals surface area contributed by atoms with Gasteiger partial charge in [0.05, 0.1) is 6.21 Å². The fourth-order valence-electron chi connectivity index (χ4n) is 2.97. The van der Waals surface area contributed by atoms with Gasteiger partial charge in [-0.2, -0.15) is 5.10 Å². The van der Waals surface area contributed by atoms with Gasteiger partial charge >= 0.3 is 0 Å². The van der Waals surface area contributed by atoms with Crippen molar-refractivity contribution in [2.75, 3.05) is 26.2 Å². The minimum atomic E-state index is 0.569. The lowest BCUT2D eigenvalue weighted by Gasteiger charge is -2.33. The molecule has 0 N–H and O–H groups in total. The number of hydrogen-bond donors (Lipinski definition) is 0. The van der Waals surface area contributed by atoms with Gasteiger partial charge in [0.15, 0.2) is 0 Å². The standard InChI is InChI=1S/C21H26ClN3/c1-17(2)20-7-3-18(4-8-20)15-23-25-13-11-24(12-14-25)16-19-5-9-21(22)10-6-19/h3-10,15,17H,11-14,16H2,1-2H3/b23-15+. The van der Waals surface area contributed by atoms with Crippen molar-refractivity contribution >= 4 is 17.8 Å². The van der Waals surface area contributed by atoms with Crippen molar-refractivity contribution in [3.05, 3.63) is 70.2 Å². The van der Waals surface area contributed by atoms with Crippen LogP contribution in [0.2, 0.25) is 5.02 Å². The molecule has 2 aromatic carbocycles. The Balaban J connectivity index is 1.47. The van der Waals surface area contributed by atoms with Crippen molar-refractivity contribution in [3.63, 3.8) is 0 Å². The third-order valence-electron chi connectivity index (χ3n) is 4.64. The van der Waals surface area contributed by atoms with Crippen LogP contribution in [0.4, 0.5) is 0 Å². The van der Waals surface area contributed by atoms with Gasteiger partial charge in [-0.05, 0) is 34.7 Å². The molecule has 132 valence electrons. The molecule has 0 radical (unpaired) electrons. The molecule has 4 heteroatoms. The molecule has 0 aliphatic carbocycles. The second-order valence-corrected chi connectivity index (χ2v) is 7.36. The third-order valence-corrected chi connectivity index (χ3v) is 4.89. The van der Waals surface area contributed by atoms with E-state index < -0.39 is 0 Å². The molecule has 0 aromatic heterocycles. The Labute approximate surface area is 155 Å². The van der Waals surface area contributed by atoms with E-state index in [1.54, 1.807) is 0 Å². The molecular weight excluding hydrogens is 330 g/mol. The highest BCUT2D eigenvalue weighted by atomic mass is 35.5. The second kappa shape index (κ2) is 8.50. The number of nitrogens with zero attached hydrogens (tertiary/aromatic N) is 3. The molecule has 0 spiro atoms. The van der Waals surface area contributed by atoms with Crippen LogP contribution in [-0.2, 0) is 6.54 Å². The van der Waals surface area contributed by atoms with E-state index in [-0.39, 0.29) is 0 Å². The summed E-state index contributed by atoms with van der Waals surface area (Å²) in [4.78, 5) is 2.46. The van der Waals surface area contributed by atoms with Gasteiger partial charge in [-0.1, -0.05) is 61.8 Å². The number of benzene rings is 2. The second-order valence-electron chi connectivity index (χ2n) is 6.92. The summed E-state index contributed by atoms with van der Waals surface area (Å²) in [5.41, 5.74) is 3.84. The Kier molecular flexibility index (Phi) is 6.11. The molecule has 1 heterocycles. The summed E-state index contributed by atoms with van der Waals surface area (Å²) >= 11 is 5.95. The molecule has 1 aliphatic heterocycles. The van der Waals surface area contributed by atoms with Gasteiger partial charge in [0.1, 0.15) is 0 Å². The molecule has 0 bridgehead atoms. The van der Waals surface area contributed by atoms with Crippen molar-refractivity contribution in [1.29, 1.82) is 0 Å². The van der Waals surface area contributed by atoms with E-state index in [9.17, 15) is 0 Å². The van der Waals surface area contributed by atoms with Gasteiger partial charge in [-0.3, -0.25) is 9.91 Å². The molecule has 0 unspecified atom stereocenters. The first-order valence-corrected chi connectivity index (χ1v) is 9.33. The van der Waals surface area contributed by atoms with Crippen LogP contribution in [0.25, 0.3) is 0 Å². The smallest absolute Gasteiger partial charge is 0.0542 e. The highest BCUT2D eigenvalue weighted by molar-refractivity contribution is 6.30. The van der Waals surface area contributed by atoms with Crippen LogP contribution in [0.15, 0.2) is 53.6 Å². The number of halogens is 1. The van der Waals surface area contributed by atoms with Crippen LogP contribution in [0.1, 0.15) is 36.5 Å². The Morgan fingerprint density at radius 3 is 2.20 bits per heavy atom. The quantitative estimate of drug-likeness (QED) is 0.729. The maximum atomic E-state index is 5.95. The van der Waals surface area contributed by atoms with Gasteiger partial charge < -0.3 is 0 Å². The number of rotatable bonds is 5. The lowest BCUT2D eigenvalue weighted by Crippen LogP contribution is -2.43. The third kappa shape index (κ3) is 5.32. The van der Waals surface area contributed by atoms with Gasteiger partial charge in [-0.15, -0.1) is 0 Å². The zero-order valence-corrected chi connectivity index (χ0v) is 15.8. The minimum absolute atomic E-state index is 0.569. The topological polar surface area (TPSA) is 18.8 Å². The average Bonchev–Trinajstić information content (AvgIpc) is 2.63. The molecule has 1 aliphatic rings. The predicted octanol–water partition coefficient (Wildman–Crippen LogP) is 4.62. The lowest BCUT2D eigenvalue weighted by molar-refractivity contribution is 0.131. The van der Waals surface area contributed by atoms with E-state index in [1.165, 1.54) is 11.1 Å². The van der Waals surface area contributed by atoms with Gasteiger partial charge in [-0.25, -0.2) is 0 Å². The predicted molar refractivity (Wildman–Crippen MR) is 106 cm³/mol. The molecule has 0 saturated carbocycles. The Morgan fingerprint density at radius 1 is 0.960 bits per heavy atom. The Hall–Kier alpha value is -1.84. The van der Waals surface area contributed by atoms with E-state index in [2.05, 4.69) is 65.3 Å². The summed E-state index contributed by atoms with van der Waals surface area (Å²) < 4.78 is 0. The fraction of sp³-hybridized carbons (Fsp3) is 0.381. The van der Waals surface area contributed by atoms with Gasteiger partial charge in [0, 0.05) is 37.7 Å². The molecule has 3 nitrogen and oxygen atoms in total. The summed E-state index contributed by atoms with van der Waals surface area (Å²) in [6.07, 6.45) is 1.97. The SMILES string of the molecule is CC(C)c1ccc(/C=N/N2CCN(Cc3ccc(Cl)cc3)CC2)cc1. The summed E-state index contributed by atoms with van der Waals surface area (Å²) in [6.45, 7) is 9.41. The van der Waals surface area contributed by atoms with Crippen LogP contribution in [0, 0.1) is 0 Å². The summed E-state index contributed by atoms with van der Waals surface area (Å²) in [5.74, 6) is 0.569. The van der Waals surface area contributed by atoms with Crippen molar-refractivity contribution in [2.24, 2.45) is 5.10 Å². The highest BCUT2D eigenvalue weighted by Gasteiger charge is 2.15. The van der Waals surface area contributed by atoms with E-state index in [4.69, 9.17) is 11.6 Å². The highest BCUT2D eigenvalue weighted by Crippen LogP contribution is 2.15. The molecule has 0 atom stereocenters. The Morgan fingerprint density at radius 2 is 1.60 bits per heavy atom. The van der Waals surface area contributed by atoms with Crippen molar-refractivity contribution in [2.45, 2.75) is 26.3 Å². The molecule has 25 heavy (non-hydrogen) atoms. The first kappa shape index (κ1) is 18.0. The van der Waals surface area contributed by atoms with Gasteiger partial charge in [0.25, 0.3) is 0 Å². The maximum Gasteiger partial charge on any atom is 0.0542 e. The zero-order chi connectivity index (χ0) is 17.6. The fourth-order valence-corrected chi connectivity index (χ4v) is 3.10. The molecule has 1 fully saturated rings. The van der Waals surface area contributed by atoms with E-state index in [0.29, 0.717) is 5.92 Å². The normalized spacial score (nSPS) is 16.1. The number of hydrogen-bond acceptors (Lipinski definition) is 3. The van der Waals surface area contributed by atoms with E-state index >= 15 is 0 Å². The van der Waals surface area contributed by atoms with Crippen molar-refractivity contribution < 1.29 is 0 Å². The van der Waals surface area contributed by atoms with Crippen LogP contribution >= 0.6 is 11.6 Å². The molecular formula is C21H26ClN3. The summed E-state index contributed by atoms with van der Waals surface area (Å²) in [7, 11) is 0. The van der Waals surface area contributed by atoms with Crippen molar-refractivity contribution in [1.82, 2.24) is 9.91 Å². The molecule has 3 rings (SSSR count). The van der Waals surface area contributed by atoms with Gasteiger partial charge in [0.2, 0.25) is 0 Å². The summed E-state index contributed by atoms with van der Waals surface area (Å²) in [5, 5.41) is 7.60. The summed E-state index contributed by atoms with van der Waals surface area (Å²) in [6, 6.07) is 16.8. The maximum absolute atomic E-state index is 5.95. The molecule has 1 saturated heterocycles. The first-order chi connectivity index (χ1) is 12.1. The minimum Gasteiger partial charge on any atom is -0.295 e. The van der Waals surface area contributed by atoms with Crippen LogP contribution in [0.3, 0.4) is 0 Å². The lowest BCUT2D eigenvalue weighted by atomic mass is 10.0. The average molecular weight is 356 g/mol. The molecule has 0 amide bonds. The largest absolute Gasteiger partial charge is 0.295 e.